The van der Waals surface area contributed by atoms with E-state index in [1.165, 1.54) is 4.31 Å². The highest BCUT2D eigenvalue weighted by molar-refractivity contribution is 7.89. The Bertz CT molecular complexity index is 1440. The number of nitrogens with one attached hydrogen (secondary N) is 1. The van der Waals surface area contributed by atoms with Crippen LogP contribution in [0.2, 0.25) is 0 Å². The van der Waals surface area contributed by atoms with Crippen LogP contribution in [0, 0.1) is 13.8 Å². The highest BCUT2D eigenvalue weighted by atomic mass is 32.2. The van der Waals surface area contributed by atoms with Crippen molar-refractivity contribution in [2.45, 2.75) is 31.8 Å². The Labute approximate surface area is 193 Å². The largest absolute Gasteiger partial charge is 0.497 e. The molecule has 0 spiro atoms. The van der Waals surface area contributed by atoms with Crippen molar-refractivity contribution in [3.8, 4) is 5.75 Å². The third-order valence-corrected chi connectivity index (χ3v) is 7.44. The van der Waals surface area contributed by atoms with Gasteiger partial charge in [-0.25, -0.2) is 8.42 Å². The summed E-state index contributed by atoms with van der Waals surface area (Å²) in [6.45, 7) is 4.02. The summed E-state index contributed by atoms with van der Waals surface area (Å²) in [6.07, 6.45) is 0. The van der Waals surface area contributed by atoms with Gasteiger partial charge in [0.05, 0.1) is 12.0 Å². The summed E-state index contributed by atoms with van der Waals surface area (Å²) >= 11 is 0. The van der Waals surface area contributed by atoms with Gasteiger partial charge in [-0.15, -0.1) is 0 Å². The van der Waals surface area contributed by atoms with Gasteiger partial charge in [-0.3, -0.25) is 4.79 Å². The number of sulfonamides is 1. The number of nitrogens with zero attached hydrogens (tertiary/aromatic N) is 1. The van der Waals surface area contributed by atoms with Crippen LogP contribution in [0.15, 0.2) is 82.5 Å². The number of ether oxygens (including phenoxy) is 1. The fourth-order valence-corrected chi connectivity index (χ4v) is 5.35. The molecule has 1 heterocycles. The van der Waals surface area contributed by atoms with Crippen LogP contribution in [-0.2, 0) is 23.1 Å². The number of methoxy groups -OCH3 is 1. The normalized spacial score (nSPS) is 11.8. The molecule has 0 saturated heterocycles. The van der Waals surface area contributed by atoms with Crippen LogP contribution in [0.1, 0.15) is 22.3 Å². The summed E-state index contributed by atoms with van der Waals surface area (Å²) < 4.78 is 33.6. The molecule has 4 aromatic rings. The van der Waals surface area contributed by atoms with Gasteiger partial charge >= 0.3 is 0 Å². The lowest BCUT2D eigenvalue weighted by atomic mass is 10.0. The van der Waals surface area contributed by atoms with Gasteiger partial charge in [0.1, 0.15) is 5.75 Å². The molecule has 0 aliphatic heterocycles. The first-order valence-corrected chi connectivity index (χ1v) is 12.0. The molecule has 0 saturated carbocycles. The first-order chi connectivity index (χ1) is 15.8. The lowest BCUT2D eigenvalue weighted by Gasteiger charge is -2.22. The molecule has 0 bridgehead atoms. The molecule has 0 fully saturated rings. The highest BCUT2D eigenvalue weighted by Gasteiger charge is 2.26. The molecule has 6 nitrogen and oxygen atoms in total. The van der Waals surface area contributed by atoms with E-state index >= 15 is 0 Å². The van der Waals surface area contributed by atoms with Crippen molar-refractivity contribution in [1.29, 1.82) is 0 Å². The van der Waals surface area contributed by atoms with Crippen LogP contribution in [-0.4, -0.2) is 24.8 Å². The van der Waals surface area contributed by atoms with Gasteiger partial charge in [-0.2, -0.15) is 4.31 Å². The van der Waals surface area contributed by atoms with E-state index in [4.69, 9.17) is 4.74 Å². The molecule has 170 valence electrons. The summed E-state index contributed by atoms with van der Waals surface area (Å²) in [4.78, 5) is 16.0. The Balaban J connectivity index is 1.77. The molecule has 0 aliphatic rings. The van der Waals surface area contributed by atoms with E-state index in [1.807, 2.05) is 38.1 Å². The van der Waals surface area contributed by atoms with Gasteiger partial charge < -0.3 is 9.72 Å². The predicted octanol–water partition coefficient (Wildman–Crippen LogP) is 4.54. The second-order valence-corrected chi connectivity index (χ2v) is 10.0. The van der Waals surface area contributed by atoms with Gasteiger partial charge in [0.2, 0.25) is 10.0 Å². The van der Waals surface area contributed by atoms with E-state index < -0.39 is 10.0 Å². The molecule has 33 heavy (non-hydrogen) atoms. The SMILES string of the molecule is COc1ccc(CN(Cc2cc3c(C)cc(C)cc3[nH]c2=O)S(=O)(=O)c2ccccc2)cc1. The highest BCUT2D eigenvalue weighted by Crippen LogP contribution is 2.24. The van der Waals surface area contributed by atoms with Crippen LogP contribution in [0.4, 0.5) is 0 Å². The molecule has 0 radical (unpaired) electrons. The Morgan fingerprint density at radius 3 is 2.27 bits per heavy atom. The van der Waals surface area contributed by atoms with E-state index in [0.29, 0.717) is 11.3 Å². The predicted molar refractivity (Wildman–Crippen MR) is 130 cm³/mol. The number of fused-ring (bicyclic) bond motifs is 1. The van der Waals surface area contributed by atoms with E-state index in [-0.39, 0.29) is 23.5 Å². The van der Waals surface area contributed by atoms with Crippen LogP contribution in [0.5, 0.6) is 5.75 Å². The van der Waals surface area contributed by atoms with Crippen molar-refractivity contribution in [3.05, 3.63) is 105 Å². The van der Waals surface area contributed by atoms with Gasteiger partial charge in [0.15, 0.2) is 0 Å². The van der Waals surface area contributed by atoms with Gasteiger partial charge in [0, 0.05) is 29.6 Å². The van der Waals surface area contributed by atoms with Crippen molar-refractivity contribution < 1.29 is 13.2 Å². The van der Waals surface area contributed by atoms with Crippen LogP contribution in [0.25, 0.3) is 10.9 Å². The zero-order valence-electron chi connectivity index (χ0n) is 18.8. The van der Waals surface area contributed by atoms with Gasteiger partial charge in [0.25, 0.3) is 5.56 Å². The van der Waals surface area contributed by atoms with Crippen molar-refractivity contribution in [3.63, 3.8) is 0 Å². The Morgan fingerprint density at radius 2 is 1.61 bits per heavy atom. The molecule has 3 aromatic carbocycles. The first kappa shape index (κ1) is 22.8. The van der Waals surface area contributed by atoms with E-state index in [2.05, 4.69) is 4.98 Å². The van der Waals surface area contributed by atoms with Crippen LogP contribution >= 0.6 is 0 Å². The number of pyridine rings is 1. The molecular formula is C26H26N2O4S. The lowest BCUT2D eigenvalue weighted by Crippen LogP contribution is -2.32. The monoisotopic (exact) mass is 462 g/mol. The first-order valence-electron chi connectivity index (χ1n) is 10.6. The Kier molecular flexibility index (Phi) is 6.35. The molecule has 0 unspecified atom stereocenters. The number of rotatable bonds is 7. The average molecular weight is 463 g/mol. The number of H-pyrrole nitrogens is 1. The minimum Gasteiger partial charge on any atom is -0.497 e. The molecule has 0 amide bonds. The molecule has 0 aliphatic carbocycles. The Morgan fingerprint density at radius 1 is 0.909 bits per heavy atom. The van der Waals surface area contributed by atoms with Crippen LogP contribution in [0.3, 0.4) is 0 Å². The fourth-order valence-electron chi connectivity index (χ4n) is 3.93. The minimum atomic E-state index is -3.85. The second kappa shape index (κ2) is 9.21. The molecular weight excluding hydrogens is 436 g/mol. The lowest BCUT2D eigenvalue weighted by molar-refractivity contribution is 0.398. The standard InChI is InChI=1S/C26H26N2O4S/c1-18-13-19(2)24-15-21(26(29)27-25(24)14-18)17-28(16-20-9-11-22(32-3)12-10-20)33(30,31)23-7-5-4-6-8-23/h4-15H,16-17H2,1-3H3,(H,27,29). The number of benzene rings is 3. The van der Waals surface area contributed by atoms with Crippen molar-refractivity contribution in [2.24, 2.45) is 0 Å². The molecule has 4 rings (SSSR count). The summed E-state index contributed by atoms with van der Waals surface area (Å²) in [7, 11) is -2.27. The van der Waals surface area contributed by atoms with Crippen LogP contribution < -0.4 is 10.3 Å². The maximum atomic E-state index is 13.5. The fraction of sp³-hybridized carbons (Fsp3) is 0.192. The van der Waals surface area contributed by atoms with Crippen molar-refractivity contribution >= 4 is 20.9 Å². The number of hydrogen-bond acceptors (Lipinski definition) is 4. The molecule has 1 aromatic heterocycles. The topological polar surface area (TPSA) is 79.5 Å². The molecule has 0 atom stereocenters. The number of aromatic nitrogens is 1. The molecule has 1 N–H and O–H groups in total. The van der Waals surface area contributed by atoms with E-state index in [9.17, 15) is 13.2 Å². The maximum absolute atomic E-state index is 13.5. The Hall–Kier alpha value is -3.42. The number of aryl methyl sites for hydroxylation is 2. The summed E-state index contributed by atoms with van der Waals surface area (Å²) in [6, 6.07) is 21.3. The van der Waals surface area contributed by atoms with Gasteiger partial charge in [-0.1, -0.05) is 36.4 Å². The van der Waals surface area contributed by atoms with Crippen molar-refractivity contribution in [2.75, 3.05) is 7.11 Å². The van der Waals surface area contributed by atoms with Crippen molar-refractivity contribution in [1.82, 2.24) is 9.29 Å². The third-order valence-electron chi connectivity index (χ3n) is 5.64. The zero-order valence-corrected chi connectivity index (χ0v) is 19.6. The van der Waals surface area contributed by atoms with E-state index in [1.54, 1.807) is 55.6 Å². The summed E-state index contributed by atoms with van der Waals surface area (Å²) in [5, 5.41) is 0.900. The minimum absolute atomic E-state index is 0.0537. The van der Waals surface area contributed by atoms with E-state index in [0.717, 1.165) is 27.6 Å². The summed E-state index contributed by atoms with van der Waals surface area (Å²) in [5.74, 6) is 0.688. The number of aromatic amines is 1. The zero-order chi connectivity index (χ0) is 23.6. The summed E-state index contributed by atoms with van der Waals surface area (Å²) in [5.41, 5.74) is 3.71. The second-order valence-electron chi connectivity index (χ2n) is 8.10. The van der Waals surface area contributed by atoms with Gasteiger partial charge in [-0.05, 0) is 66.9 Å². The smallest absolute Gasteiger partial charge is 0.252 e. The number of hydrogen-bond donors (Lipinski definition) is 1. The molecule has 7 heteroatoms. The average Bonchev–Trinajstić information content (AvgIpc) is 2.80. The quantitative estimate of drug-likeness (QED) is 0.437. The maximum Gasteiger partial charge on any atom is 0.252 e. The third kappa shape index (κ3) is 4.84.